The number of hydrogen-bond donors (Lipinski definition) is 1. The first-order valence-corrected chi connectivity index (χ1v) is 8.12. The number of anilines is 1. The van der Waals surface area contributed by atoms with Gasteiger partial charge < -0.3 is 9.73 Å². The van der Waals surface area contributed by atoms with Gasteiger partial charge in [0.25, 0.3) is 5.91 Å². The summed E-state index contributed by atoms with van der Waals surface area (Å²) < 4.78 is 21.5. The Morgan fingerprint density at radius 3 is 2.52 bits per heavy atom. The molecular weight excluding hydrogens is 351 g/mol. The van der Waals surface area contributed by atoms with Gasteiger partial charge >= 0.3 is 5.69 Å². The molecule has 0 saturated heterocycles. The minimum atomic E-state index is -0.469. The van der Waals surface area contributed by atoms with E-state index in [4.69, 9.17) is 4.42 Å². The average molecular weight is 366 g/mol. The standard InChI is InChI=1S/C19H15FN4O3/c1-23-14-8-7-13(9-15(14)24(2)19(23)26)22-18(25)16-17(27-10-21-16)11-3-5-12(20)6-4-11/h3-10H,1-2H3,(H,22,25). The molecule has 136 valence electrons. The summed E-state index contributed by atoms with van der Waals surface area (Å²) in [4.78, 5) is 28.6. The first-order valence-electron chi connectivity index (χ1n) is 8.12. The van der Waals surface area contributed by atoms with E-state index in [2.05, 4.69) is 10.3 Å². The zero-order chi connectivity index (χ0) is 19.1. The number of imidazole rings is 1. The van der Waals surface area contributed by atoms with E-state index in [0.29, 0.717) is 16.8 Å². The highest BCUT2D eigenvalue weighted by Crippen LogP contribution is 2.25. The summed E-state index contributed by atoms with van der Waals surface area (Å²) in [6.07, 6.45) is 1.16. The van der Waals surface area contributed by atoms with Crippen molar-refractivity contribution in [3.8, 4) is 11.3 Å². The van der Waals surface area contributed by atoms with Gasteiger partial charge in [0.2, 0.25) is 0 Å². The van der Waals surface area contributed by atoms with Crippen LogP contribution in [0.4, 0.5) is 10.1 Å². The van der Waals surface area contributed by atoms with E-state index in [1.807, 2.05) is 0 Å². The molecule has 0 spiro atoms. The summed E-state index contributed by atoms with van der Waals surface area (Å²) in [5.41, 5.74) is 2.45. The second-order valence-electron chi connectivity index (χ2n) is 6.10. The fraction of sp³-hybridized carbons (Fsp3) is 0.105. The molecule has 4 aromatic rings. The van der Waals surface area contributed by atoms with Crippen LogP contribution in [0.15, 0.2) is 58.1 Å². The number of nitrogens with one attached hydrogen (secondary N) is 1. The Bertz CT molecular complexity index is 1220. The molecule has 0 aliphatic rings. The van der Waals surface area contributed by atoms with Gasteiger partial charge in [-0.2, -0.15) is 0 Å². The van der Waals surface area contributed by atoms with E-state index in [1.165, 1.54) is 33.4 Å². The van der Waals surface area contributed by atoms with Crippen LogP contribution in [0.5, 0.6) is 0 Å². The topological polar surface area (TPSA) is 82.1 Å². The van der Waals surface area contributed by atoms with Crippen LogP contribution in [-0.2, 0) is 14.1 Å². The lowest BCUT2D eigenvalue weighted by molar-refractivity contribution is 0.102. The van der Waals surface area contributed by atoms with Crippen molar-refractivity contribution in [1.29, 1.82) is 0 Å². The summed E-state index contributed by atoms with van der Waals surface area (Å²) in [6.45, 7) is 0. The molecule has 4 rings (SSSR count). The maximum atomic E-state index is 13.1. The molecule has 0 atom stereocenters. The number of nitrogens with zero attached hydrogens (tertiary/aromatic N) is 3. The van der Waals surface area contributed by atoms with Crippen molar-refractivity contribution >= 4 is 22.6 Å². The van der Waals surface area contributed by atoms with E-state index >= 15 is 0 Å². The molecule has 0 bridgehead atoms. The van der Waals surface area contributed by atoms with Crippen molar-refractivity contribution in [3.63, 3.8) is 0 Å². The monoisotopic (exact) mass is 366 g/mol. The number of oxazole rings is 1. The quantitative estimate of drug-likeness (QED) is 0.604. The van der Waals surface area contributed by atoms with E-state index in [1.54, 1.807) is 32.3 Å². The van der Waals surface area contributed by atoms with E-state index < -0.39 is 5.91 Å². The SMILES string of the molecule is Cn1c(=O)n(C)c2cc(NC(=O)c3ncoc3-c3ccc(F)cc3)ccc21. The molecule has 2 heterocycles. The maximum absolute atomic E-state index is 13.1. The number of carbonyl (C=O) groups excluding carboxylic acids is 1. The number of fused-ring (bicyclic) bond motifs is 1. The summed E-state index contributed by atoms with van der Waals surface area (Å²) in [7, 11) is 3.35. The highest BCUT2D eigenvalue weighted by atomic mass is 19.1. The summed E-state index contributed by atoms with van der Waals surface area (Å²) in [5, 5.41) is 2.75. The largest absolute Gasteiger partial charge is 0.443 e. The molecule has 2 aromatic heterocycles. The minimum absolute atomic E-state index is 0.0867. The Labute approximate surface area is 152 Å². The number of benzene rings is 2. The highest BCUT2D eigenvalue weighted by Gasteiger charge is 2.19. The number of aryl methyl sites for hydroxylation is 2. The predicted molar refractivity (Wildman–Crippen MR) is 98.0 cm³/mol. The molecule has 0 saturated carbocycles. The fourth-order valence-electron chi connectivity index (χ4n) is 2.99. The first kappa shape index (κ1) is 16.8. The van der Waals surface area contributed by atoms with E-state index in [-0.39, 0.29) is 23.0 Å². The van der Waals surface area contributed by atoms with Crippen molar-refractivity contribution < 1.29 is 13.6 Å². The van der Waals surface area contributed by atoms with Crippen LogP contribution in [0.25, 0.3) is 22.4 Å². The van der Waals surface area contributed by atoms with Gasteiger partial charge in [0.05, 0.1) is 11.0 Å². The van der Waals surface area contributed by atoms with Gasteiger partial charge in [-0.1, -0.05) is 0 Å². The van der Waals surface area contributed by atoms with Gasteiger partial charge in [0, 0.05) is 25.3 Å². The van der Waals surface area contributed by atoms with Crippen LogP contribution in [0, 0.1) is 5.82 Å². The number of rotatable bonds is 3. The second-order valence-corrected chi connectivity index (χ2v) is 6.10. The maximum Gasteiger partial charge on any atom is 0.328 e. The molecule has 0 unspecified atom stereocenters. The van der Waals surface area contributed by atoms with Crippen LogP contribution in [0.3, 0.4) is 0 Å². The lowest BCUT2D eigenvalue weighted by Crippen LogP contribution is -2.19. The lowest BCUT2D eigenvalue weighted by Gasteiger charge is -2.06. The Morgan fingerprint density at radius 2 is 1.78 bits per heavy atom. The fourth-order valence-corrected chi connectivity index (χ4v) is 2.99. The predicted octanol–water partition coefficient (Wildman–Crippen LogP) is 2.92. The molecule has 7 nitrogen and oxygen atoms in total. The smallest absolute Gasteiger partial charge is 0.328 e. The Hall–Kier alpha value is -3.68. The number of amides is 1. The third kappa shape index (κ3) is 2.80. The van der Waals surface area contributed by atoms with Crippen LogP contribution in [0.2, 0.25) is 0 Å². The van der Waals surface area contributed by atoms with Gasteiger partial charge in [-0.05, 0) is 42.5 Å². The van der Waals surface area contributed by atoms with Crippen molar-refractivity contribution in [2.24, 2.45) is 14.1 Å². The third-order valence-corrected chi connectivity index (χ3v) is 4.42. The summed E-state index contributed by atoms with van der Waals surface area (Å²) >= 11 is 0. The zero-order valence-corrected chi connectivity index (χ0v) is 14.6. The Balaban J connectivity index is 1.67. The van der Waals surface area contributed by atoms with Crippen molar-refractivity contribution in [2.45, 2.75) is 0 Å². The molecule has 27 heavy (non-hydrogen) atoms. The van der Waals surface area contributed by atoms with Crippen LogP contribution in [0.1, 0.15) is 10.5 Å². The van der Waals surface area contributed by atoms with E-state index in [0.717, 1.165) is 11.9 Å². The lowest BCUT2D eigenvalue weighted by atomic mass is 10.1. The minimum Gasteiger partial charge on any atom is -0.443 e. The summed E-state index contributed by atoms with van der Waals surface area (Å²) in [5.74, 6) is -0.602. The Morgan fingerprint density at radius 1 is 1.07 bits per heavy atom. The van der Waals surface area contributed by atoms with Crippen molar-refractivity contribution in [1.82, 2.24) is 14.1 Å². The van der Waals surface area contributed by atoms with Gasteiger partial charge in [0.15, 0.2) is 17.8 Å². The van der Waals surface area contributed by atoms with Crippen LogP contribution >= 0.6 is 0 Å². The molecule has 8 heteroatoms. The molecule has 2 aromatic carbocycles. The molecule has 0 aliphatic heterocycles. The van der Waals surface area contributed by atoms with Gasteiger partial charge in [0.1, 0.15) is 5.82 Å². The normalized spacial score (nSPS) is 11.1. The molecule has 1 amide bonds. The molecule has 0 fully saturated rings. The number of aromatic nitrogens is 3. The van der Waals surface area contributed by atoms with Crippen LogP contribution in [-0.4, -0.2) is 20.0 Å². The Kier molecular flexibility index (Phi) is 3.88. The molecule has 1 N–H and O–H groups in total. The number of halogens is 1. The number of hydrogen-bond acceptors (Lipinski definition) is 4. The third-order valence-electron chi connectivity index (χ3n) is 4.42. The average Bonchev–Trinajstić information content (AvgIpc) is 3.23. The molecule has 0 aliphatic carbocycles. The van der Waals surface area contributed by atoms with Gasteiger partial charge in [-0.3, -0.25) is 13.9 Å². The molecular formula is C19H15FN4O3. The highest BCUT2D eigenvalue weighted by molar-refractivity contribution is 6.07. The first-order chi connectivity index (χ1) is 13.0. The summed E-state index contributed by atoms with van der Waals surface area (Å²) in [6, 6.07) is 10.8. The van der Waals surface area contributed by atoms with Crippen LogP contribution < -0.4 is 11.0 Å². The number of carbonyl (C=O) groups is 1. The zero-order valence-electron chi connectivity index (χ0n) is 14.6. The van der Waals surface area contributed by atoms with E-state index in [9.17, 15) is 14.0 Å². The van der Waals surface area contributed by atoms with Crippen molar-refractivity contribution in [3.05, 3.63) is 70.9 Å². The van der Waals surface area contributed by atoms with Crippen molar-refractivity contribution in [2.75, 3.05) is 5.32 Å². The van der Waals surface area contributed by atoms with Gasteiger partial charge in [-0.15, -0.1) is 0 Å². The molecule has 0 radical (unpaired) electrons. The second kappa shape index (κ2) is 6.24. The van der Waals surface area contributed by atoms with Gasteiger partial charge in [-0.25, -0.2) is 14.2 Å².